The van der Waals surface area contributed by atoms with E-state index in [4.69, 9.17) is 10.5 Å². The number of urea groups is 1. The number of anilines is 2. The first-order valence-corrected chi connectivity index (χ1v) is 6.14. The number of benzene rings is 1. The summed E-state index contributed by atoms with van der Waals surface area (Å²) in [6, 6.07) is 7.33. The lowest BCUT2D eigenvalue weighted by atomic mass is 10.1. The zero-order chi connectivity index (χ0) is 13.0. The maximum Gasteiger partial charge on any atom is 0.321 e. The van der Waals surface area contributed by atoms with Crippen LogP contribution in [0.4, 0.5) is 16.2 Å². The SMILES string of the molecule is CN(C(=O)Nc1cccc(N)c1)C1CCOCC1. The summed E-state index contributed by atoms with van der Waals surface area (Å²) in [4.78, 5) is 13.8. The zero-order valence-corrected chi connectivity index (χ0v) is 10.6. The first kappa shape index (κ1) is 12.7. The van der Waals surface area contributed by atoms with Gasteiger partial charge in [0, 0.05) is 37.7 Å². The predicted octanol–water partition coefficient (Wildman–Crippen LogP) is 1.91. The topological polar surface area (TPSA) is 67.6 Å². The summed E-state index contributed by atoms with van der Waals surface area (Å²) in [6.07, 6.45) is 1.78. The van der Waals surface area contributed by atoms with Crippen molar-refractivity contribution < 1.29 is 9.53 Å². The first-order valence-electron chi connectivity index (χ1n) is 6.14. The van der Waals surface area contributed by atoms with Crippen LogP contribution in [0.15, 0.2) is 24.3 Å². The second kappa shape index (κ2) is 5.73. The largest absolute Gasteiger partial charge is 0.399 e. The molecule has 0 saturated carbocycles. The number of rotatable bonds is 2. The monoisotopic (exact) mass is 249 g/mol. The molecule has 2 rings (SSSR count). The van der Waals surface area contributed by atoms with E-state index in [9.17, 15) is 4.79 Å². The summed E-state index contributed by atoms with van der Waals surface area (Å²) in [5.41, 5.74) is 7.03. The van der Waals surface area contributed by atoms with Crippen molar-refractivity contribution in [1.82, 2.24) is 4.90 Å². The lowest BCUT2D eigenvalue weighted by molar-refractivity contribution is 0.0544. The third-order valence-electron chi connectivity index (χ3n) is 3.20. The number of hydrogen-bond acceptors (Lipinski definition) is 3. The molecule has 0 atom stereocenters. The van der Waals surface area contributed by atoms with E-state index in [2.05, 4.69) is 5.32 Å². The van der Waals surface area contributed by atoms with Crippen LogP contribution in [-0.4, -0.2) is 37.2 Å². The van der Waals surface area contributed by atoms with Crippen molar-refractivity contribution in [3.8, 4) is 0 Å². The molecule has 3 N–H and O–H groups in total. The van der Waals surface area contributed by atoms with Crippen LogP contribution in [0.3, 0.4) is 0 Å². The number of carbonyl (C=O) groups is 1. The van der Waals surface area contributed by atoms with Crippen molar-refractivity contribution in [3.05, 3.63) is 24.3 Å². The van der Waals surface area contributed by atoms with Crippen molar-refractivity contribution in [1.29, 1.82) is 0 Å². The van der Waals surface area contributed by atoms with E-state index in [0.717, 1.165) is 31.7 Å². The summed E-state index contributed by atoms with van der Waals surface area (Å²) in [5, 5.41) is 2.85. The molecule has 1 aliphatic heterocycles. The summed E-state index contributed by atoms with van der Waals surface area (Å²) >= 11 is 0. The number of nitrogens with zero attached hydrogens (tertiary/aromatic N) is 1. The highest BCUT2D eigenvalue weighted by molar-refractivity contribution is 5.89. The van der Waals surface area contributed by atoms with Gasteiger partial charge in [-0.3, -0.25) is 0 Å². The van der Waals surface area contributed by atoms with Crippen LogP contribution in [0.1, 0.15) is 12.8 Å². The lowest BCUT2D eigenvalue weighted by Crippen LogP contribution is -2.42. The maximum atomic E-state index is 12.1. The van der Waals surface area contributed by atoms with E-state index in [1.807, 2.05) is 19.2 Å². The van der Waals surface area contributed by atoms with Crippen molar-refractivity contribution in [2.75, 3.05) is 31.3 Å². The Labute approximate surface area is 107 Å². The molecule has 5 nitrogen and oxygen atoms in total. The van der Waals surface area contributed by atoms with Crippen molar-refractivity contribution in [2.45, 2.75) is 18.9 Å². The minimum absolute atomic E-state index is 0.104. The standard InChI is InChI=1S/C13H19N3O2/c1-16(12-5-7-18-8-6-12)13(17)15-11-4-2-3-10(14)9-11/h2-4,9,12H,5-8,14H2,1H3,(H,15,17). The van der Waals surface area contributed by atoms with Crippen LogP contribution in [0.5, 0.6) is 0 Å². The number of amides is 2. The van der Waals surface area contributed by atoms with Crippen molar-refractivity contribution in [3.63, 3.8) is 0 Å². The Morgan fingerprint density at radius 1 is 1.44 bits per heavy atom. The molecule has 0 spiro atoms. The minimum atomic E-state index is -0.104. The maximum absolute atomic E-state index is 12.1. The molecule has 1 aromatic rings. The van der Waals surface area contributed by atoms with E-state index >= 15 is 0 Å². The normalized spacial score (nSPS) is 16.3. The molecule has 0 aromatic heterocycles. The second-order valence-electron chi connectivity index (χ2n) is 4.51. The molecule has 0 bridgehead atoms. The van der Waals surface area contributed by atoms with E-state index in [-0.39, 0.29) is 12.1 Å². The van der Waals surface area contributed by atoms with E-state index < -0.39 is 0 Å². The highest BCUT2D eigenvalue weighted by atomic mass is 16.5. The molecule has 1 fully saturated rings. The summed E-state index contributed by atoms with van der Waals surface area (Å²) in [7, 11) is 1.82. The van der Waals surface area contributed by atoms with Gasteiger partial charge in [0.05, 0.1) is 0 Å². The van der Waals surface area contributed by atoms with Gasteiger partial charge in [-0.05, 0) is 31.0 Å². The van der Waals surface area contributed by atoms with Crippen LogP contribution in [0.2, 0.25) is 0 Å². The predicted molar refractivity (Wildman–Crippen MR) is 71.5 cm³/mol. The van der Waals surface area contributed by atoms with Crippen LogP contribution >= 0.6 is 0 Å². The Hall–Kier alpha value is -1.75. The molecule has 1 aliphatic rings. The Balaban J connectivity index is 1.94. The van der Waals surface area contributed by atoms with Gasteiger partial charge in [-0.25, -0.2) is 4.79 Å². The van der Waals surface area contributed by atoms with Crippen LogP contribution < -0.4 is 11.1 Å². The fourth-order valence-corrected chi connectivity index (χ4v) is 2.07. The Bertz CT molecular complexity index is 416. The van der Waals surface area contributed by atoms with E-state index in [1.54, 1.807) is 17.0 Å². The molecule has 0 unspecified atom stereocenters. The van der Waals surface area contributed by atoms with Gasteiger partial charge in [0.1, 0.15) is 0 Å². The summed E-state index contributed by atoms with van der Waals surface area (Å²) < 4.78 is 5.29. The lowest BCUT2D eigenvalue weighted by Gasteiger charge is -2.31. The quantitative estimate of drug-likeness (QED) is 0.787. The molecule has 18 heavy (non-hydrogen) atoms. The van der Waals surface area contributed by atoms with Crippen LogP contribution in [0.25, 0.3) is 0 Å². The number of nitrogen functional groups attached to an aromatic ring is 1. The molecule has 2 amide bonds. The van der Waals surface area contributed by atoms with Crippen molar-refractivity contribution >= 4 is 17.4 Å². The van der Waals surface area contributed by atoms with Crippen LogP contribution in [-0.2, 0) is 4.74 Å². The van der Waals surface area contributed by atoms with Gasteiger partial charge in [-0.15, -0.1) is 0 Å². The van der Waals surface area contributed by atoms with Crippen molar-refractivity contribution in [2.24, 2.45) is 0 Å². The molecule has 98 valence electrons. The minimum Gasteiger partial charge on any atom is -0.399 e. The Kier molecular flexibility index (Phi) is 4.04. The molecule has 1 heterocycles. The van der Waals surface area contributed by atoms with Gasteiger partial charge in [0.2, 0.25) is 0 Å². The molecule has 0 aliphatic carbocycles. The van der Waals surface area contributed by atoms with Gasteiger partial charge in [-0.1, -0.05) is 6.07 Å². The Morgan fingerprint density at radius 3 is 2.83 bits per heavy atom. The fraction of sp³-hybridized carbons (Fsp3) is 0.462. The molecule has 0 radical (unpaired) electrons. The number of hydrogen-bond donors (Lipinski definition) is 2. The number of nitrogens with one attached hydrogen (secondary N) is 1. The average Bonchev–Trinajstić information content (AvgIpc) is 2.39. The molecular weight excluding hydrogens is 230 g/mol. The summed E-state index contributed by atoms with van der Waals surface area (Å²) in [5.74, 6) is 0. The number of nitrogens with two attached hydrogens (primary N) is 1. The highest BCUT2D eigenvalue weighted by Gasteiger charge is 2.22. The molecule has 5 heteroatoms. The number of ether oxygens (including phenoxy) is 1. The smallest absolute Gasteiger partial charge is 0.321 e. The van der Waals surface area contributed by atoms with Gasteiger partial charge in [0.25, 0.3) is 0 Å². The number of carbonyl (C=O) groups excluding carboxylic acids is 1. The third-order valence-corrected chi connectivity index (χ3v) is 3.20. The zero-order valence-electron chi connectivity index (χ0n) is 10.6. The summed E-state index contributed by atoms with van der Waals surface area (Å²) in [6.45, 7) is 1.45. The molecule has 1 saturated heterocycles. The second-order valence-corrected chi connectivity index (χ2v) is 4.51. The van der Waals surface area contributed by atoms with E-state index in [0.29, 0.717) is 5.69 Å². The first-order chi connectivity index (χ1) is 8.66. The third kappa shape index (κ3) is 3.13. The van der Waals surface area contributed by atoms with Gasteiger partial charge in [0.15, 0.2) is 0 Å². The van der Waals surface area contributed by atoms with Crippen LogP contribution in [0, 0.1) is 0 Å². The molecule has 1 aromatic carbocycles. The van der Waals surface area contributed by atoms with Gasteiger partial charge in [-0.2, -0.15) is 0 Å². The van der Waals surface area contributed by atoms with E-state index in [1.165, 1.54) is 0 Å². The van der Waals surface area contributed by atoms with Gasteiger partial charge < -0.3 is 20.7 Å². The Morgan fingerprint density at radius 2 is 2.17 bits per heavy atom. The average molecular weight is 249 g/mol. The highest BCUT2D eigenvalue weighted by Crippen LogP contribution is 2.16. The fourth-order valence-electron chi connectivity index (χ4n) is 2.07. The van der Waals surface area contributed by atoms with Gasteiger partial charge >= 0.3 is 6.03 Å². The molecular formula is C13H19N3O2.